The van der Waals surface area contributed by atoms with Crippen LogP contribution in [0.2, 0.25) is 0 Å². The lowest BCUT2D eigenvalue weighted by Crippen LogP contribution is -1.97. The molecule has 0 fully saturated rings. The fraction of sp³-hybridized carbons (Fsp3) is 0.0667. The van der Waals surface area contributed by atoms with Crippen LogP contribution >= 0.6 is 0 Å². The molecule has 0 aliphatic carbocycles. The van der Waals surface area contributed by atoms with Crippen molar-refractivity contribution in [2.75, 3.05) is 6.61 Å². The van der Waals surface area contributed by atoms with Gasteiger partial charge in [0.25, 0.3) is 0 Å². The molecule has 5 heteroatoms. The number of hydrogen-bond donors (Lipinski definition) is 0. The molecule has 1 nitrogen and oxygen atoms in total. The molecule has 0 aliphatic heterocycles. The summed E-state index contributed by atoms with van der Waals surface area (Å²) in [5, 5.41) is 0.750. The highest BCUT2D eigenvalue weighted by Gasteiger charge is 2.10. The molecule has 0 unspecified atom stereocenters. The Morgan fingerprint density at radius 2 is 1.29 bits per heavy atom. The fourth-order valence-corrected chi connectivity index (χ4v) is 3.25. The highest BCUT2D eigenvalue weighted by atomic mass is 19.2. The molecule has 0 amide bonds. The predicted molar refractivity (Wildman–Crippen MR) is 129 cm³/mol. The average molecular weight is 470 g/mol. The van der Waals surface area contributed by atoms with Gasteiger partial charge in [-0.25, -0.2) is 17.6 Å². The van der Waals surface area contributed by atoms with Crippen LogP contribution in [0, 0.1) is 47.0 Å². The Kier molecular flexibility index (Phi) is 7.19. The van der Waals surface area contributed by atoms with E-state index in [-0.39, 0.29) is 23.3 Å². The fourth-order valence-electron chi connectivity index (χ4n) is 3.25. The molecule has 4 aromatic carbocycles. The maximum Gasteiger partial charge on any atom is 0.166 e. The van der Waals surface area contributed by atoms with Crippen molar-refractivity contribution in [1.82, 2.24) is 0 Å². The Bertz CT molecular complexity index is 1520. The van der Waals surface area contributed by atoms with Crippen molar-refractivity contribution in [2.45, 2.75) is 6.92 Å². The number of fused-ring (bicyclic) bond motifs is 1. The van der Waals surface area contributed by atoms with Gasteiger partial charge in [-0.3, -0.25) is 0 Å². The van der Waals surface area contributed by atoms with Gasteiger partial charge < -0.3 is 4.74 Å². The van der Waals surface area contributed by atoms with Crippen molar-refractivity contribution < 1.29 is 22.3 Å². The van der Waals surface area contributed by atoms with Crippen molar-refractivity contribution in [3.8, 4) is 29.4 Å². The molecule has 0 saturated carbocycles. The monoisotopic (exact) mass is 470 g/mol. The summed E-state index contributed by atoms with van der Waals surface area (Å²) in [6.07, 6.45) is 3.50. The van der Waals surface area contributed by atoms with Crippen molar-refractivity contribution in [3.63, 3.8) is 0 Å². The first kappa shape index (κ1) is 23.7. The van der Waals surface area contributed by atoms with Crippen LogP contribution in [0.1, 0.15) is 29.2 Å². The van der Waals surface area contributed by atoms with Crippen molar-refractivity contribution >= 4 is 10.8 Å². The highest BCUT2D eigenvalue weighted by molar-refractivity contribution is 5.84. The number of hydrogen-bond acceptors (Lipinski definition) is 1. The van der Waals surface area contributed by atoms with Crippen molar-refractivity contribution in [1.29, 1.82) is 0 Å². The zero-order valence-electron chi connectivity index (χ0n) is 18.6. The number of rotatable bonds is 3. The van der Waals surface area contributed by atoms with E-state index in [2.05, 4.69) is 23.7 Å². The molecule has 0 aromatic heterocycles. The first-order chi connectivity index (χ1) is 16.9. The van der Waals surface area contributed by atoms with Crippen LogP contribution < -0.4 is 4.74 Å². The summed E-state index contributed by atoms with van der Waals surface area (Å²) in [5.74, 6) is 7.98. The second-order valence-corrected chi connectivity index (χ2v) is 7.52. The Balaban J connectivity index is 1.49. The summed E-state index contributed by atoms with van der Waals surface area (Å²) in [7, 11) is 0. The molecule has 0 atom stereocenters. The molecule has 0 saturated heterocycles. The van der Waals surface area contributed by atoms with E-state index in [0.29, 0.717) is 22.1 Å². The van der Waals surface area contributed by atoms with E-state index in [1.165, 1.54) is 12.1 Å². The zero-order chi connectivity index (χ0) is 24.8. The van der Waals surface area contributed by atoms with Gasteiger partial charge in [0.1, 0.15) is 24.0 Å². The van der Waals surface area contributed by atoms with Gasteiger partial charge in [-0.05, 0) is 54.8 Å². The third-order valence-corrected chi connectivity index (χ3v) is 5.07. The molecular weight excluding hydrogens is 452 g/mol. The highest BCUT2D eigenvalue weighted by Crippen LogP contribution is 2.22. The standard InChI is InChI=1S/C30H18F4O/c1-2-3-16-35-24-18-28(32)26(29(33)19-24)14-10-21-6-4-20(5-7-21)8-9-22-11-13-25-23(17-22)12-15-27(31)30(25)34/h2-7,11-13,15,17-19H,16H2,1H3/b3-2+. The minimum atomic E-state index is -0.892. The van der Waals surface area contributed by atoms with Gasteiger partial charge in [-0.2, -0.15) is 0 Å². The average Bonchev–Trinajstić information content (AvgIpc) is 2.85. The third-order valence-electron chi connectivity index (χ3n) is 5.07. The quantitative estimate of drug-likeness (QED) is 0.176. The SMILES string of the molecule is C/C=C/COc1cc(F)c(C#Cc2ccc(C#Cc3ccc4c(F)c(F)ccc4c3)cc2)c(F)c1. The molecule has 35 heavy (non-hydrogen) atoms. The minimum Gasteiger partial charge on any atom is -0.489 e. The van der Waals surface area contributed by atoms with Crippen LogP contribution in [0.5, 0.6) is 5.75 Å². The van der Waals surface area contributed by atoms with Gasteiger partial charge in [0.05, 0.1) is 5.56 Å². The lowest BCUT2D eigenvalue weighted by atomic mass is 10.1. The normalized spacial score (nSPS) is 10.5. The van der Waals surface area contributed by atoms with E-state index in [0.717, 1.165) is 18.2 Å². The summed E-state index contributed by atoms with van der Waals surface area (Å²) in [6.45, 7) is 2.04. The molecular formula is C30H18F4O. The van der Waals surface area contributed by atoms with E-state index >= 15 is 0 Å². The topological polar surface area (TPSA) is 9.23 Å². The van der Waals surface area contributed by atoms with Gasteiger partial charge in [-0.15, -0.1) is 0 Å². The molecule has 0 heterocycles. The van der Waals surface area contributed by atoms with E-state index < -0.39 is 23.3 Å². The summed E-state index contributed by atoms with van der Waals surface area (Å²) in [5.41, 5.74) is 1.57. The van der Waals surface area contributed by atoms with Crippen LogP contribution in [-0.2, 0) is 0 Å². The summed E-state index contributed by atoms with van der Waals surface area (Å²) in [4.78, 5) is 0. The lowest BCUT2D eigenvalue weighted by Gasteiger charge is -2.05. The minimum absolute atomic E-state index is 0.0929. The van der Waals surface area contributed by atoms with E-state index in [1.54, 1.807) is 48.6 Å². The third kappa shape index (κ3) is 5.72. The zero-order valence-corrected chi connectivity index (χ0v) is 18.6. The number of benzene rings is 4. The van der Waals surface area contributed by atoms with E-state index in [1.807, 2.05) is 6.92 Å². The molecule has 4 rings (SSSR count). The molecule has 172 valence electrons. The molecule has 4 aromatic rings. The summed E-state index contributed by atoms with van der Waals surface area (Å²) in [6, 6.07) is 16.5. The predicted octanol–water partition coefficient (Wildman–Crippen LogP) is 7.15. The van der Waals surface area contributed by atoms with E-state index in [9.17, 15) is 17.6 Å². The van der Waals surface area contributed by atoms with Crippen molar-refractivity contribution in [2.24, 2.45) is 0 Å². The number of allylic oxidation sites excluding steroid dienone is 1. The van der Waals surface area contributed by atoms with Crippen LogP contribution in [-0.4, -0.2) is 6.61 Å². The second kappa shape index (κ2) is 10.6. The van der Waals surface area contributed by atoms with Crippen LogP contribution in [0.15, 0.2) is 78.9 Å². The van der Waals surface area contributed by atoms with Gasteiger partial charge in [0.15, 0.2) is 11.6 Å². The smallest absolute Gasteiger partial charge is 0.166 e. The first-order valence-corrected chi connectivity index (χ1v) is 10.7. The van der Waals surface area contributed by atoms with Crippen LogP contribution in [0.4, 0.5) is 17.6 Å². The van der Waals surface area contributed by atoms with E-state index in [4.69, 9.17) is 4.74 Å². The molecule has 0 spiro atoms. The molecule has 0 N–H and O–H groups in total. The lowest BCUT2D eigenvalue weighted by molar-refractivity contribution is 0.357. The van der Waals surface area contributed by atoms with Crippen LogP contribution in [0.25, 0.3) is 10.8 Å². The Labute approximate surface area is 200 Å². The summed E-state index contributed by atoms with van der Waals surface area (Å²) < 4.78 is 61.0. The van der Waals surface area contributed by atoms with Crippen LogP contribution in [0.3, 0.4) is 0 Å². The Morgan fingerprint density at radius 1 is 0.686 bits per heavy atom. The summed E-state index contributed by atoms with van der Waals surface area (Å²) >= 11 is 0. The van der Waals surface area contributed by atoms with Gasteiger partial charge in [-0.1, -0.05) is 48.0 Å². The largest absolute Gasteiger partial charge is 0.489 e. The molecule has 0 bridgehead atoms. The Morgan fingerprint density at radius 3 is 1.94 bits per heavy atom. The molecule has 0 aliphatic rings. The Hall–Kier alpha value is -4.48. The maximum atomic E-state index is 14.3. The molecule has 0 radical (unpaired) electrons. The van der Waals surface area contributed by atoms with Gasteiger partial charge >= 0.3 is 0 Å². The van der Waals surface area contributed by atoms with Gasteiger partial charge in [0.2, 0.25) is 0 Å². The number of ether oxygens (including phenoxy) is 1. The van der Waals surface area contributed by atoms with Gasteiger partial charge in [0, 0.05) is 34.2 Å². The maximum absolute atomic E-state index is 14.3. The number of halogens is 4. The second-order valence-electron chi connectivity index (χ2n) is 7.52. The first-order valence-electron chi connectivity index (χ1n) is 10.7. The van der Waals surface area contributed by atoms with Crippen molar-refractivity contribution in [3.05, 3.63) is 124 Å².